The highest BCUT2D eigenvalue weighted by atomic mass is 35.5. The number of ether oxygens (including phenoxy) is 2. The minimum Gasteiger partial charge on any atom is -0.495 e. The van der Waals surface area contributed by atoms with E-state index in [0.29, 0.717) is 35.5 Å². The molecule has 0 unspecified atom stereocenters. The molecule has 0 fully saturated rings. The van der Waals surface area contributed by atoms with Gasteiger partial charge in [0.15, 0.2) is 0 Å². The Labute approximate surface area is 153 Å². The van der Waals surface area contributed by atoms with Crippen molar-refractivity contribution in [1.82, 2.24) is 5.32 Å². The minimum absolute atomic E-state index is 0.318. The van der Waals surface area contributed by atoms with Crippen LogP contribution in [0.2, 0.25) is 5.02 Å². The van der Waals surface area contributed by atoms with Crippen molar-refractivity contribution in [2.24, 2.45) is 0 Å². The molecule has 2 amide bonds. The fraction of sp³-hybridized carbons (Fsp3) is 0.316. The third-order valence-corrected chi connectivity index (χ3v) is 3.89. The van der Waals surface area contributed by atoms with Gasteiger partial charge in [-0.1, -0.05) is 43.6 Å². The molecule has 0 aliphatic heterocycles. The van der Waals surface area contributed by atoms with Crippen molar-refractivity contribution in [2.45, 2.75) is 19.8 Å². The Hall–Kier alpha value is -2.40. The van der Waals surface area contributed by atoms with E-state index in [1.54, 1.807) is 25.3 Å². The Bertz CT molecular complexity index is 720. The van der Waals surface area contributed by atoms with Gasteiger partial charge in [-0.3, -0.25) is 0 Å². The smallest absolute Gasteiger partial charge is 0.319 e. The molecular weight excluding hydrogens is 340 g/mol. The molecule has 134 valence electrons. The van der Waals surface area contributed by atoms with E-state index < -0.39 is 0 Å². The van der Waals surface area contributed by atoms with Gasteiger partial charge in [-0.25, -0.2) is 4.79 Å². The average Bonchev–Trinajstić information content (AvgIpc) is 2.59. The van der Waals surface area contributed by atoms with Gasteiger partial charge in [-0.15, -0.1) is 0 Å². The maximum Gasteiger partial charge on any atom is 0.319 e. The Balaban J connectivity index is 1.78. The molecule has 0 aliphatic rings. The largest absolute Gasteiger partial charge is 0.495 e. The second-order valence-electron chi connectivity index (χ2n) is 5.77. The van der Waals surface area contributed by atoms with Crippen LogP contribution in [0.5, 0.6) is 11.5 Å². The number of benzene rings is 2. The van der Waals surface area contributed by atoms with Gasteiger partial charge in [-0.05, 0) is 35.7 Å². The van der Waals surface area contributed by atoms with E-state index in [4.69, 9.17) is 21.1 Å². The van der Waals surface area contributed by atoms with E-state index in [1.807, 2.05) is 24.3 Å². The lowest BCUT2D eigenvalue weighted by molar-refractivity contribution is 0.247. The van der Waals surface area contributed by atoms with Crippen LogP contribution in [0, 0.1) is 0 Å². The van der Waals surface area contributed by atoms with Gasteiger partial charge in [0.25, 0.3) is 0 Å². The molecule has 0 atom stereocenters. The fourth-order valence-corrected chi connectivity index (χ4v) is 2.59. The number of anilines is 1. The first-order valence-corrected chi connectivity index (χ1v) is 8.49. The predicted octanol–water partition coefficient (Wildman–Crippen LogP) is 4.67. The summed E-state index contributed by atoms with van der Waals surface area (Å²) in [6, 6.07) is 12.7. The minimum atomic E-state index is -0.318. The lowest BCUT2D eigenvalue weighted by atomic mass is 10.0. The maximum atomic E-state index is 11.9. The second kappa shape index (κ2) is 9.18. The SMILES string of the molecule is COc1ccc(NC(=O)NCCOc2ccccc2C(C)C)cc1Cl. The number of hydrogen-bond acceptors (Lipinski definition) is 3. The molecule has 2 aromatic rings. The zero-order valence-corrected chi connectivity index (χ0v) is 15.4. The third-order valence-electron chi connectivity index (χ3n) is 3.60. The number of amides is 2. The first kappa shape index (κ1) is 18.9. The molecule has 0 heterocycles. The highest BCUT2D eigenvalue weighted by Crippen LogP contribution is 2.27. The van der Waals surface area contributed by atoms with Crippen LogP contribution in [0.3, 0.4) is 0 Å². The van der Waals surface area contributed by atoms with Crippen molar-refractivity contribution in [3.63, 3.8) is 0 Å². The van der Waals surface area contributed by atoms with Gasteiger partial charge >= 0.3 is 6.03 Å². The van der Waals surface area contributed by atoms with Crippen molar-refractivity contribution < 1.29 is 14.3 Å². The molecule has 2 N–H and O–H groups in total. The quantitative estimate of drug-likeness (QED) is 0.703. The average molecular weight is 363 g/mol. The zero-order valence-electron chi connectivity index (χ0n) is 14.6. The third kappa shape index (κ3) is 5.57. The number of rotatable bonds is 7. The number of urea groups is 1. The standard InChI is InChI=1S/C19H23ClN2O3/c1-13(2)15-6-4-5-7-17(15)25-11-10-21-19(23)22-14-8-9-18(24-3)16(20)12-14/h4-9,12-13H,10-11H2,1-3H3,(H2,21,22,23). The molecule has 0 aliphatic carbocycles. The maximum absolute atomic E-state index is 11.9. The van der Waals surface area contributed by atoms with Crippen molar-refractivity contribution in [3.05, 3.63) is 53.1 Å². The first-order chi connectivity index (χ1) is 12.0. The number of hydrogen-bond donors (Lipinski definition) is 2. The highest BCUT2D eigenvalue weighted by molar-refractivity contribution is 6.32. The van der Waals surface area contributed by atoms with Gasteiger partial charge in [0, 0.05) is 5.69 Å². The van der Waals surface area contributed by atoms with E-state index in [2.05, 4.69) is 24.5 Å². The van der Waals surface area contributed by atoms with Crippen molar-refractivity contribution in [3.8, 4) is 11.5 Å². The second-order valence-corrected chi connectivity index (χ2v) is 6.18. The molecule has 0 spiro atoms. The van der Waals surface area contributed by atoms with Gasteiger partial charge in [-0.2, -0.15) is 0 Å². The van der Waals surface area contributed by atoms with Crippen LogP contribution < -0.4 is 20.1 Å². The molecule has 0 saturated heterocycles. The monoisotopic (exact) mass is 362 g/mol. The molecule has 0 radical (unpaired) electrons. The molecule has 0 saturated carbocycles. The summed E-state index contributed by atoms with van der Waals surface area (Å²) >= 11 is 6.03. The lowest BCUT2D eigenvalue weighted by Gasteiger charge is -2.14. The number of para-hydroxylation sites is 1. The molecule has 2 aromatic carbocycles. The van der Waals surface area contributed by atoms with E-state index in [1.165, 1.54) is 0 Å². The highest BCUT2D eigenvalue weighted by Gasteiger charge is 2.08. The van der Waals surface area contributed by atoms with E-state index in [9.17, 15) is 4.79 Å². The van der Waals surface area contributed by atoms with Crippen LogP contribution in [0.1, 0.15) is 25.3 Å². The molecule has 5 nitrogen and oxygen atoms in total. The summed E-state index contributed by atoms with van der Waals surface area (Å²) < 4.78 is 10.8. The summed E-state index contributed by atoms with van der Waals surface area (Å²) in [4.78, 5) is 11.9. The van der Waals surface area contributed by atoms with Crippen LogP contribution in [0.25, 0.3) is 0 Å². The number of methoxy groups -OCH3 is 1. The number of carbonyl (C=O) groups excluding carboxylic acids is 1. The van der Waals surface area contributed by atoms with Crippen LogP contribution in [-0.2, 0) is 0 Å². The molecule has 0 aromatic heterocycles. The van der Waals surface area contributed by atoms with Crippen LogP contribution in [-0.4, -0.2) is 26.3 Å². The Morgan fingerprint density at radius 2 is 1.92 bits per heavy atom. The van der Waals surface area contributed by atoms with Crippen LogP contribution in [0.4, 0.5) is 10.5 Å². The summed E-state index contributed by atoms with van der Waals surface area (Å²) in [6.45, 7) is 5.02. The lowest BCUT2D eigenvalue weighted by Crippen LogP contribution is -2.32. The van der Waals surface area contributed by atoms with Gasteiger partial charge < -0.3 is 20.1 Å². The Morgan fingerprint density at radius 3 is 2.60 bits per heavy atom. The zero-order chi connectivity index (χ0) is 18.2. The summed E-state index contributed by atoms with van der Waals surface area (Å²) in [7, 11) is 1.54. The van der Waals surface area contributed by atoms with E-state index >= 15 is 0 Å². The van der Waals surface area contributed by atoms with Gasteiger partial charge in [0.05, 0.1) is 18.7 Å². The first-order valence-electron chi connectivity index (χ1n) is 8.11. The molecule has 25 heavy (non-hydrogen) atoms. The molecule has 6 heteroatoms. The molecule has 0 bridgehead atoms. The van der Waals surface area contributed by atoms with Gasteiger partial charge in [0.1, 0.15) is 18.1 Å². The fourth-order valence-electron chi connectivity index (χ4n) is 2.33. The van der Waals surface area contributed by atoms with Crippen molar-refractivity contribution in [1.29, 1.82) is 0 Å². The summed E-state index contributed by atoms with van der Waals surface area (Å²) in [6.07, 6.45) is 0. The molecule has 2 rings (SSSR count). The van der Waals surface area contributed by atoms with Crippen molar-refractivity contribution >= 4 is 23.3 Å². The molecular formula is C19H23ClN2O3. The predicted molar refractivity (Wildman–Crippen MR) is 101 cm³/mol. The number of carbonyl (C=O) groups is 1. The van der Waals surface area contributed by atoms with Crippen molar-refractivity contribution in [2.75, 3.05) is 25.6 Å². The van der Waals surface area contributed by atoms with E-state index in [0.717, 1.165) is 11.3 Å². The Kier molecular flexibility index (Phi) is 6.95. The summed E-state index contributed by atoms with van der Waals surface area (Å²) in [5, 5.41) is 5.90. The van der Waals surface area contributed by atoms with Crippen LogP contribution in [0.15, 0.2) is 42.5 Å². The normalized spacial score (nSPS) is 10.4. The van der Waals surface area contributed by atoms with E-state index in [-0.39, 0.29) is 6.03 Å². The summed E-state index contributed by atoms with van der Waals surface area (Å²) in [5.74, 6) is 1.79. The number of nitrogens with one attached hydrogen (secondary N) is 2. The Morgan fingerprint density at radius 1 is 1.16 bits per heavy atom. The topological polar surface area (TPSA) is 59.6 Å². The van der Waals surface area contributed by atoms with Gasteiger partial charge in [0.2, 0.25) is 0 Å². The summed E-state index contributed by atoms with van der Waals surface area (Å²) in [5.41, 5.74) is 1.74. The van der Waals surface area contributed by atoms with Crippen LogP contribution >= 0.6 is 11.6 Å². The number of halogens is 1.